The van der Waals surface area contributed by atoms with Gasteiger partial charge in [0.25, 0.3) is 0 Å². The lowest BCUT2D eigenvalue weighted by atomic mass is 9.90. The standard InChI is InChI=1S/C13H24O5/c1-14-5-6-16-9-18-12-4-3-10-8-17-13(15-2)7-11(10)12/h10-13H,3-9H2,1-2H3/t10-,11+,12-,13?/m0/s1. The summed E-state index contributed by atoms with van der Waals surface area (Å²) in [7, 11) is 3.36. The molecule has 18 heavy (non-hydrogen) atoms. The van der Waals surface area contributed by atoms with Crippen molar-refractivity contribution < 1.29 is 23.7 Å². The van der Waals surface area contributed by atoms with Crippen molar-refractivity contribution in [3.05, 3.63) is 0 Å². The molecule has 1 heterocycles. The minimum Gasteiger partial charge on any atom is -0.382 e. The molecule has 1 unspecified atom stereocenters. The van der Waals surface area contributed by atoms with E-state index in [0.29, 0.717) is 37.9 Å². The number of rotatable bonds is 7. The van der Waals surface area contributed by atoms with Crippen molar-refractivity contribution in [1.29, 1.82) is 0 Å². The fraction of sp³-hybridized carbons (Fsp3) is 1.00. The molecule has 106 valence electrons. The van der Waals surface area contributed by atoms with Gasteiger partial charge >= 0.3 is 0 Å². The molecule has 0 bridgehead atoms. The molecule has 1 aliphatic carbocycles. The van der Waals surface area contributed by atoms with Crippen LogP contribution in [0.4, 0.5) is 0 Å². The smallest absolute Gasteiger partial charge is 0.157 e. The van der Waals surface area contributed by atoms with E-state index in [2.05, 4.69) is 0 Å². The van der Waals surface area contributed by atoms with E-state index >= 15 is 0 Å². The van der Waals surface area contributed by atoms with Gasteiger partial charge in [-0.2, -0.15) is 0 Å². The molecule has 0 aromatic heterocycles. The molecule has 1 saturated carbocycles. The number of ether oxygens (including phenoxy) is 5. The van der Waals surface area contributed by atoms with Crippen molar-refractivity contribution in [3.8, 4) is 0 Å². The van der Waals surface area contributed by atoms with Crippen molar-refractivity contribution >= 4 is 0 Å². The molecule has 2 rings (SSSR count). The van der Waals surface area contributed by atoms with Gasteiger partial charge in [0.2, 0.25) is 0 Å². The zero-order valence-corrected chi connectivity index (χ0v) is 11.3. The van der Waals surface area contributed by atoms with Crippen LogP contribution in [0, 0.1) is 11.8 Å². The van der Waals surface area contributed by atoms with Gasteiger partial charge in [0.05, 0.1) is 25.9 Å². The Morgan fingerprint density at radius 1 is 1.17 bits per heavy atom. The second-order valence-electron chi connectivity index (χ2n) is 4.96. The molecular formula is C13H24O5. The Kier molecular flexibility index (Phi) is 5.85. The predicted octanol–water partition coefficient (Wildman–Crippen LogP) is 1.41. The zero-order chi connectivity index (χ0) is 12.8. The van der Waals surface area contributed by atoms with Gasteiger partial charge in [-0.05, 0) is 24.7 Å². The summed E-state index contributed by atoms with van der Waals surface area (Å²) in [6, 6.07) is 0. The Labute approximate surface area is 109 Å². The highest BCUT2D eigenvalue weighted by molar-refractivity contribution is 4.88. The first-order valence-corrected chi connectivity index (χ1v) is 6.67. The van der Waals surface area contributed by atoms with Crippen molar-refractivity contribution in [3.63, 3.8) is 0 Å². The van der Waals surface area contributed by atoms with E-state index in [4.69, 9.17) is 23.7 Å². The summed E-state index contributed by atoms with van der Waals surface area (Å²) >= 11 is 0. The van der Waals surface area contributed by atoms with Crippen LogP contribution in [0.1, 0.15) is 19.3 Å². The van der Waals surface area contributed by atoms with E-state index in [-0.39, 0.29) is 6.29 Å². The second kappa shape index (κ2) is 7.40. The minimum atomic E-state index is -0.0649. The maximum atomic E-state index is 5.82. The van der Waals surface area contributed by atoms with Crippen molar-refractivity contribution in [2.45, 2.75) is 31.7 Å². The normalized spacial score (nSPS) is 35.7. The summed E-state index contributed by atoms with van der Waals surface area (Å²) in [5.41, 5.74) is 0. The van der Waals surface area contributed by atoms with Crippen LogP contribution in [0.5, 0.6) is 0 Å². The van der Waals surface area contributed by atoms with Crippen LogP contribution in [0.25, 0.3) is 0 Å². The van der Waals surface area contributed by atoms with Gasteiger partial charge in [0.15, 0.2) is 6.29 Å². The van der Waals surface area contributed by atoms with Crippen LogP contribution in [-0.2, 0) is 23.7 Å². The summed E-state index contributed by atoms with van der Waals surface area (Å²) < 4.78 is 27.0. The molecule has 2 aliphatic rings. The highest BCUT2D eigenvalue weighted by Crippen LogP contribution is 2.40. The van der Waals surface area contributed by atoms with Crippen LogP contribution >= 0.6 is 0 Å². The van der Waals surface area contributed by atoms with E-state index in [1.54, 1.807) is 14.2 Å². The lowest BCUT2D eigenvalue weighted by Crippen LogP contribution is -2.36. The molecule has 1 saturated heterocycles. The van der Waals surface area contributed by atoms with Gasteiger partial charge in [-0.25, -0.2) is 0 Å². The van der Waals surface area contributed by atoms with E-state index in [0.717, 1.165) is 19.4 Å². The molecule has 5 nitrogen and oxygen atoms in total. The summed E-state index contributed by atoms with van der Waals surface area (Å²) in [6.07, 6.45) is 3.44. The number of hydrogen-bond donors (Lipinski definition) is 0. The molecule has 0 amide bonds. The quantitative estimate of drug-likeness (QED) is 0.511. The Morgan fingerprint density at radius 3 is 2.83 bits per heavy atom. The Morgan fingerprint density at radius 2 is 2.06 bits per heavy atom. The van der Waals surface area contributed by atoms with Gasteiger partial charge in [-0.15, -0.1) is 0 Å². The average molecular weight is 260 g/mol. The summed E-state index contributed by atoms with van der Waals surface area (Å²) in [4.78, 5) is 0. The molecule has 4 atom stereocenters. The van der Waals surface area contributed by atoms with E-state index < -0.39 is 0 Å². The SMILES string of the molecule is COCCOCO[C@H]1CC[C@H]2COC(OC)C[C@H]21. The third kappa shape index (κ3) is 3.65. The van der Waals surface area contributed by atoms with Crippen molar-refractivity contribution in [2.75, 3.05) is 40.8 Å². The molecule has 1 aliphatic heterocycles. The number of fused-ring (bicyclic) bond motifs is 1. The largest absolute Gasteiger partial charge is 0.382 e. The maximum absolute atomic E-state index is 5.82. The third-order valence-corrected chi connectivity index (χ3v) is 3.93. The van der Waals surface area contributed by atoms with E-state index in [9.17, 15) is 0 Å². The van der Waals surface area contributed by atoms with Crippen LogP contribution in [0.15, 0.2) is 0 Å². The number of methoxy groups -OCH3 is 2. The summed E-state index contributed by atoms with van der Waals surface area (Å²) in [6.45, 7) is 2.35. The average Bonchev–Trinajstić information content (AvgIpc) is 2.81. The monoisotopic (exact) mass is 260 g/mol. The highest BCUT2D eigenvalue weighted by Gasteiger charge is 2.41. The maximum Gasteiger partial charge on any atom is 0.157 e. The highest BCUT2D eigenvalue weighted by atomic mass is 16.7. The van der Waals surface area contributed by atoms with Gasteiger partial charge in [0.1, 0.15) is 6.79 Å². The van der Waals surface area contributed by atoms with Gasteiger partial charge < -0.3 is 23.7 Å². The van der Waals surface area contributed by atoms with Crippen LogP contribution in [0.2, 0.25) is 0 Å². The lowest BCUT2D eigenvalue weighted by molar-refractivity contribution is -0.190. The zero-order valence-electron chi connectivity index (χ0n) is 11.3. The topological polar surface area (TPSA) is 46.2 Å². The minimum absolute atomic E-state index is 0.0649. The van der Waals surface area contributed by atoms with Crippen molar-refractivity contribution in [2.24, 2.45) is 11.8 Å². The summed E-state index contributed by atoms with van der Waals surface area (Å²) in [5.74, 6) is 1.18. The molecule has 0 N–H and O–H groups in total. The van der Waals surface area contributed by atoms with Gasteiger partial charge in [0, 0.05) is 20.6 Å². The Hall–Kier alpha value is -0.200. The molecule has 0 aromatic carbocycles. The summed E-state index contributed by atoms with van der Waals surface area (Å²) in [5, 5.41) is 0. The fourth-order valence-corrected chi connectivity index (χ4v) is 2.89. The van der Waals surface area contributed by atoms with Crippen LogP contribution in [-0.4, -0.2) is 53.2 Å². The Bertz CT molecular complexity index is 235. The molecule has 0 radical (unpaired) electrons. The molecule has 0 aromatic rings. The fourth-order valence-electron chi connectivity index (χ4n) is 2.89. The first-order chi connectivity index (χ1) is 8.85. The molecular weight excluding hydrogens is 236 g/mol. The second-order valence-corrected chi connectivity index (χ2v) is 4.96. The lowest BCUT2D eigenvalue weighted by Gasteiger charge is -2.33. The van der Waals surface area contributed by atoms with Gasteiger partial charge in [-0.1, -0.05) is 0 Å². The van der Waals surface area contributed by atoms with Gasteiger partial charge in [-0.3, -0.25) is 0 Å². The Balaban J connectivity index is 1.69. The first-order valence-electron chi connectivity index (χ1n) is 6.67. The molecule has 5 heteroatoms. The van der Waals surface area contributed by atoms with E-state index in [1.807, 2.05) is 0 Å². The number of hydrogen-bond acceptors (Lipinski definition) is 5. The van der Waals surface area contributed by atoms with E-state index in [1.165, 1.54) is 6.42 Å². The molecule has 0 spiro atoms. The van der Waals surface area contributed by atoms with Crippen LogP contribution < -0.4 is 0 Å². The molecule has 2 fully saturated rings. The predicted molar refractivity (Wildman–Crippen MR) is 65.1 cm³/mol. The van der Waals surface area contributed by atoms with Crippen LogP contribution in [0.3, 0.4) is 0 Å². The third-order valence-electron chi connectivity index (χ3n) is 3.93. The van der Waals surface area contributed by atoms with Crippen molar-refractivity contribution in [1.82, 2.24) is 0 Å². The first kappa shape index (κ1) is 14.2.